The number of aromatic nitrogens is 2. The van der Waals surface area contributed by atoms with E-state index in [-0.39, 0.29) is 11.8 Å². The van der Waals surface area contributed by atoms with E-state index in [4.69, 9.17) is 0 Å². The van der Waals surface area contributed by atoms with Crippen LogP contribution in [0.2, 0.25) is 0 Å². The standard InChI is InChI=1S/C8H11IN2O2S/c1-6-4-11(10-8(6)9)7-2-3-14(12,13)5-7/h4,7H,2-3,5H2,1H3/t7-/m1/s1. The van der Waals surface area contributed by atoms with Crippen LogP contribution < -0.4 is 0 Å². The van der Waals surface area contributed by atoms with Gasteiger partial charge in [-0.05, 0) is 35.9 Å². The number of nitrogens with zero attached hydrogens (tertiary/aromatic N) is 2. The van der Waals surface area contributed by atoms with E-state index in [0.29, 0.717) is 12.2 Å². The normalized spacial score (nSPS) is 25.4. The van der Waals surface area contributed by atoms with Gasteiger partial charge in [0, 0.05) is 11.8 Å². The highest BCUT2D eigenvalue weighted by Crippen LogP contribution is 2.24. The fourth-order valence-corrected chi connectivity index (χ4v) is 3.72. The van der Waals surface area contributed by atoms with Gasteiger partial charge in [0.2, 0.25) is 0 Å². The summed E-state index contributed by atoms with van der Waals surface area (Å²) in [5.74, 6) is 0.539. The molecular weight excluding hydrogens is 315 g/mol. The van der Waals surface area contributed by atoms with E-state index in [1.165, 1.54) is 0 Å². The molecule has 0 aromatic carbocycles. The van der Waals surface area contributed by atoms with Crippen LogP contribution in [0, 0.1) is 10.6 Å². The first-order valence-electron chi connectivity index (χ1n) is 4.39. The van der Waals surface area contributed by atoms with Crippen molar-refractivity contribution in [3.8, 4) is 0 Å². The lowest BCUT2D eigenvalue weighted by Crippen LogP contribution is -2.11. The van der Waals surface area contributed by atoms with Crippen LogP contribution in [0.4, 0.5) is 0 Å². The molecule has 1 saturated heterocycles. The lowest BCUT2D eigenvalue weighted by molar-refractivity contribution is 0.497. The largest absolute Gasteiger partial charge is 0.267 e. The van der Waals surface area contributed by atoms with Crippen LogP contribution in [0.5, 0.6) is 0 Å². The summed E-state index contributed by atoms with van der Waals surface area (Å²) in [6.07, 6.45) is 2.62. The smallest absolute Gasteiger partial charge is 0.152 e. The van der Waals surface area contributed by atoms with E-state index in [2.05, 4.69) is 27.7 Å². The average molecular weight is 326 g/mol. The second-order valence-corrected chi connectivity index (χ2v) is 6.89. The number of sulfone groups is 1. The molecule has 0 unspecified atom stereocenters. The van der Waals surface area contributed by atoms with Crippen molar-refractivity contribution in [2.45, 2.75) is 19.4 Å². The summed E-state index contributed by atoms with van der Waals surface area (Å²) in [6.45, 7) is 1.98. The van der Waals surface area contributed by atoms with Gasteiger partial charge in [0.15, 0.2) is 9.84 Å². The number of hydrogen-bond acceptors (Lipinski definition) is 3. The number of halogens is 1. The summed E-state index contributed by atoms with van der Waals surface area (Å²) in [5.41, 5.74) is 1.11. The Hall–Kier alpha value is -0.110. The van der Waals surface area contributed by atoms with Crippen LogP contribution in [0.25, 0.3) is 0 Å². The fourth-order valence-electron chi connectivity index (χ4n) is 1.63. The lowest BCUT2D eigenvalue weighted by atomic mass is 10.3. The van der Waals surface area contributed by atoms with Crippen LogP contribution in [-0.4, -0.2) is 29.7 Å². The van der Waals surface area contributed by atoms with Crippen molar-refractivity contribution in [2.75, 3.05) is 11.5 Å². The summed E-state index contributed by atoms with van der Waals surface area (Å²) in [5, 5.41) is 4.30. The minimum absolute atomic E-state index is 0.0437. The van der Waals surface area contributed by atoms with Crippen molar-refractivity contribution in [3.05, 3.63) is 15.5 Å². The summed E-state index contributed by atoms with van der Waals surface area (Å²) in [7, 11) is -2.81. The molecule has 2 heterocycles. The molecule has 0 N–H and O–H groups in total. The molecule has 1 aromatic heterocycles. The molecule has 0 saturated carbocycles. The van der Waals surface area contributed by atoms with Gasteiger partial charge in [-0.1, -0.05) is 0 Å². The minimum atomic E-state index is -2.81. The molecular formula is C8H11IN2O2S. The van der Waals surface area contributed by atoms with E-state index in [1.807, 2.05) is 13.1 Å². The highest BCUT2D eigenvalue weighted by Gasteiger charge is 2.29. The van der Waals surface area contributed by atoms with Gasteiger partial charge in [-0.25, -0.2) is 8.42 Å². The molecule has 2 rings (SSSR count). The zero-order valence-corrected chi connectivity index (χ0v) is 10.7. The fraction of sp³-hybridized carbons (Fsp3) is 0.625. The number of aryl methyl sites for hydroxylation is 1. The molecule has 0 spiro atoms. The summed E-state index contributed by atoms with van der Waals surface area (Å²) in [4.78, 5) is 0. The van der Waals surface area contributed by atoms with Crippen LogP contribution >= 0.6 is 22.6 Å². The lowest BCUT2D eigenvalue weighted by Gasteiger charge is -2.06. The summed E-state index contributed by atoms with van der Waals surface area (Å²) < 4.78 is 25.3. The van der Waals surface area contributed by atoms with Crippen molar-refractivity contribution in [2.24, 2.45) is 0 Å². The Balaban J connectivity index is 2.26. The Bertz CT molecular complexity index is 432. The maximum absolute atomic E-state index is 11.3. The van der Waals surface area contributed by atoms with Gasteiger partial charge in [-0.2, -0.15) is 5.10 Å². The Morgan fingerprint density at radius 1 is 1.64 bits per heavy atom. The maximum Gasteiger partial charge on any atom is 0.152 e. The molecule has 1 aromatic rings. The van der Waals surface area contributed by atoms with Crippen LogP contribution in [0.15, 0.2) is 6.20 Å². The molecule has 1 aliphatic heterocycles. The summed E-state index contributed by atoms with van der Waals surface area (Å²) in [6, 6.07) is 0.0437. The molecule has 0 radical (unpaired) electrons. The highest BCUT2D eigenvalue weighted by atomic mass is 127. The SMILES string of the molecule is Cc1cn([C@@H]2CCS(=O)(=O)C2)nc1I. The van der Waals surface area contributed by atoms with Crippen LogP contribution in [0.3, 0.4) is 0 Å². The predicted octanol–water partition coefficient (Wildman–Crippen LogP) is 1.16. The van der Waals surface area contributed by atoms with Crippen molar-refractivity contribution in [3.63, 3.8) is 0 Å². The van der Waals surface area contributed by atoms with E-state index in [1.54, 1.807) is 4.68 Å². The first-order chi connectivity index (χ1) is 6.48. The third-order valence-electron chi connectivity index (χ3n) is 2.44. The van der Waals surface area contributed by atoms with E-state index < -0.39 is 9.84 Å². The predicted molar refractivity (Wildman–Crippen MR) is 62.0 cm³/mol. The van der Waals surface area contributed by atoms with Gasteiger partial charge < -0.3 is 0 Å². The molecule has 1 fully saturated rings. The van der Waals surface area contributed by atoms with E-state index in [0.717, 1.165) is 9.26 Å². The molecule has 78 valence electrons. The van der Waals surface area contributed by atoms with Gasteiger partial charge >= 0.3 is 0 Å². The molecule has 0 bridgehead atoms. The second-order valence-electron chi connectivity index (χ2n) is 3.64. The Labute approximate surface area is 96.7 Å². The topological polar surface area (TPSA) is 52.0 Å². The van der Waals surface area contributed by atoms with Crippen LogP contribution in [-0.2, 0) is 9.84 Å². The van der Waals surface area contributed by atoms with Gasteiger partial charge in [0.05, 0.1) is 17.5 Å². The monoisotopic (exact) mass is 326 g/mol. The second kappa shape index (κ2) is 3.48. The van der Waals surface area contributed by atoms with Crippen molar-refractivity contribution >= 4 is 32.4 Å². The molecule has 4 nitrogen and oxygen atoms in total. The molecule has 1 aliphatic rings. The van der Waals surface area contributed by atoms with E-state index >= 15 is 0 Å². The van der Waals surface area contributed by atoms with Gasteiger partial charge in [0.25, 0.3) is 0 Å². The highest BCUT2D eigenvalue weighted by molar-refractivity contribution is 14.1. The molecule has 0 aliphatic carbocycles. The zero-order chi connectivity index (χ0) is 10.3. The van der Waals surface area contributed by atoms with Gasteiger partial charge in [-0.15, -0.1) is 0 Å². The molecule has 0 amide bonds. The Morgan fingerprint density at radius 3 is 2.79 bits per heavy atom. The first kappa shape index (κ1) is 10.4. The Morgan fingerprint density at radius 2 is 2.36 bits per heavy atom. The zero-order valence-electron chi connectivity index (χ0n) is 7.77. The third kappa shape index (κ3) is 1.95. The van der Waals surface area contributed by atoms with Crippen molar-refractivity contribution < 1.29 is 8.42 Å². The minimum Gasteiger partial charge on any atom is -0.267 e. The number of hydrogen-bond donors (Lipinski definition) is 0. The van der Waals surface area contributed by atoms with E-state index in [9.17, 15) is 8.42 Å². The van der Waals surface area contributed by atoms with Gasteiger partial charge in [-0.3, -0.25) is 4.68 Å². The maximum atomic E-state index is 11.3. The molecule has 14 heavy (non-hydrogen) atoms. The Kier molecular flexibility index (Phi) is 2.59. The van der Waals surface area contributed by atoms with Crippen molar-refractivity contribution in [1.82, 2.24) is 9.78 Å². The van der Waals surface area contributed by atoms with Crippen molar-refractivity contribution in [1.29, 1.82) is 0 Å². The van der Waals surface area contributed by atoms with Gasteiger partial charge in [0.1, 0.15) is 3.70 Å². The number of rotatable bonds is 1. The average Bonchev–Trinajstić information content (AvgIpc) is 2.57. The molecule has 1 atom stereocenters. The third-order valence-corrected chi connectivity index (χ3v) is 5.25. The quantitative estimate of drug-likeness (QED) is 0.728. The summed E-state index contributed by atoms with van der Waals surface area (Å²) >= 11 is 2.16. The van der Waals surface area contributed by atoms with Crippen LogP contribution in [0.1, 0.15) is 18.0 Å². The first-order valence-corrected chi connectivity index (χ1v) is 7.29. The molecule has 6 heteroatoms.